The number of aliphatic imine (C=N–C) groups is 1. The highest BCUT2D eigenvalue weighted by molar-refractivity contribution is 7.14. The number of hydrogen-bond donors (Lipinski definition) is 3. The van der Waals surface area contributed by atoms with E-state index >= 15 is 0 Å². The van der Waals surface area contributed by atoms with Crippen molar-refractivity contribution in [3.63, 3.8) is 0 Å². The molecule has 0 atom stereocenters. The number of hydrazine groups is 1. The summed E-state index contributed by atoms with van der Waals surface area (Å²) >= 11 is 1.52. The molecule has 0 amide bonds. The van der Waals surface area contributed by atoms with Crippen LogP contribution in [0, 0.1) is 6.92 Å². The predicted molar refractivity (Wildman–Crippen MR) is 101 cm³/mol. The molecule has 0 radical (unpaired) electrons. The molecule has 122 valence electrons. The average molecular weight is 337 g/mol. The molecule has 4 N–H and O–H groups in total. The van der Waals surface area contributed by atoms with Crippen LogP contribution in [0.5, 0.6) is 0 Å². The maximum absolute atomic E-state index is 5.55. The van der Waals surface area contributed by atoms with E-state index in [1.165, 1.54) is 16.9 Å². The van der Waals surface area contributed by atoms with Gasteiger partial charge in [0.05, 0.1) is 12.2 Å². The Kier molecular flexibility index (Phi) is 5.20. The molecule has 0 aliphatic rings. The Balaban J connectivity index is 1.69. The van der Waals surface area contributed by atoms with E-state index in [2.05, 4.69) is 51.9 Å². The van der Waals surface area contributed by atoms with Gasteiger partial charge in [0, 0.05) is 10.9 Å². The third-order valence-corrected chi connectivity index (χ3v) is 4.23. The van der Waals surface area contributed by atoms with E-state index in [-0.39, 0.29) is 0 Å². The Hall–Kier alpha value is -2.70. The molecule has 0 aliphatic carbocycles. The first-order valence-corrected chi connectivity index (χ1v) is 8.47. The Morgan fingerprint density at radius 1 is 1.12 bits per heavy atom. The van der Waals surface area contributed by atoms with Crippen molar-refractivity contribution in [3.05, 3.63) is 71.1 Å². The molecule has 0 unspecified atom stereocenters. The lowest BCUT2D eigenvalue weighted by Crippen LogP contribution is -2.36. The Morgan fingerprint density at radius 3 is 2.58 bits per heavy atom. The van der Waals surface area contributed by atoms with Crippen LogP contribution in [0.4, 0.5) is 5.13 Å². The van der Waals surface area contributed by atoms with Crippen molar-refractivity contribution in [1.29, 1.82) is 0 Å². The summed E-state index contributed by atoms with van der Waals surface area (Å²) in [6.07, 6.45) is 0. The van der Waals surface area contributed by atoms with E-state index in [1.807, 2.05) is 35.7 Å². The van der Waals surface area contributed by atoms with Gasteiger partial charge in [-0.15, -0.1) is 11.3 Å². The lowest BCUT2D eigenvalue weighted by Gasteiger charge is -2.06. The largest absolute Gasteiger partial charge is 0.301 e. The smallest absolute Gasteiger partial charge is 0.212 e. The number of nitrogens with zero attached hydrogens (tertiary/aromatic N) is 2. The fourth-order valence-electron chi connectivity index (χ4n) is 2.16. The van der Waals surface area contributed by atoms with Gasteiger partial charge in [0.2, 0.25) is 5.96 Å². The van der Waals surface area contributed by atoms with Crippen LogP contribution in [-0.2, 0) is 6.54 Å². The molecular formula is C18H19N5S. The fourth-order valence-corrected chi connectivity index (χ4v) is 2.88. The Bertz CT molecular complexity index is 809. The molecule has 0 aliphatic heterocycles. The van der Waals surface area contributed by atoms with Crippen LogP contribution in [0.25, 0.3) is 11.3 Å². The van der Waals surface area contributed by atoms with Gasteiger partial charge in [0.15, 0.2) is 5.13 Å². The number of rotatable bonds is 4. The van der Waals surface area contributed by atoms with Gasteiger partial charge >= 0.3 is 0 Å². The third-order valence-electron chi connectivity index (χ3n) is 3.48. The number of nitrogens with one attached hydrogen (secondary N) is 2. The summed E-state index contributed by atoms with van der Waals surface area (Å²) in [5, 5.41) is 5.88. The number of hydrogen-bond acceptors (Lipinski definition) is 4. The van der Waals surface area contributed by atoms with Gasteiger partial charge in [-0.05, 0) is 12.5 Å². The van der Waals surface area contributed by atoms with Crippen LogP contribution in [0.15, 0.2) is 65.0 Å². The number of aromatic nitrogens is 1. The van der Waals surface area contributed by atoms with Gasteiger partial charge in [-0.25, -0.2) is 15.8 Å². The number of benzene rings is 2. The number of anilines is 1. The van der Waals surface area contributed by atoms with Gasteiger partial charge < -0.3 is 5.32 Å². The van der Waals surface area contributed by atoms with Crippen LogP contribution in [0.3, 0.4) is 0 Å². The SMILES string of the molecule is Cc1ccc(-c2csc(NC(=NCc3ccccc3)NN)n2)cc1. The molecule has 0 saturated carbocycles. The molecule has 0 bridgehead atoms. The van der Waals surface area contributed by atoms with Crippen molar-refractivity contribution < 1.29 is 0 Å². The molecule has 1 heterocycles. The number of guanidine groups is 1. The highest BCUT2D eigenvalue weighted by atomic mass is 32.1. The molecule has 3 rings (SSSR count). The zero-order valence-corrected chi connectivity index (χ0v) is 14.2. The summed E-state index contributed by atoms with van der Waals surface area (Å²) in [6, 6.07) is 18.3. The zero-order chi connectivity index (χ0) is 16.8. The summed E-state index contributed by atoms with van der Waals surface area (Å²) in [4.78, 5) is 9.02. The van der Waals surface area contributed by atoms with Crippen molar-refractivity contribution in [2.75, 3.05) is 5.32 Å². The van der Waals surface area contributed by atoms with E-state index in [0.29, 0.717) is 12.5 Å². The zero-order valence-electron chi connectivity index (χ0n) is 13.4. The van der Waals surface area contributed by atoms with Crippen molar-refractivity contribution in [1.82, 2.24) is 10.4 Å². The van der Waals surface area contributed by atoms with Crippen LogP contribution < -0.4 is 16.6 Å². The van der Waals surface area contributed by atoms with E-state index in [9.17, 15) is 0 Å². The lowest BCUT2D eigenvalue weighted by molar-refractivity contribution is 0.968. The second-order valence-corrected chi connectivity index (χ2v) is 6.18. The topological polar surface area (TPSA) is 75.3 Å². The first-order chi connectivity index (χ1) is 11.7. The van der Waals surface area contributed by atoms with Crippen LogP contribution in [-0.4, -0.2) is 10.9 Å². The summed E-state index contributed by atoms with van der Waals surface area (Å²) < 4.78 is 0. The van der Waals surface area contributed by atoms with Gasteiger partial charge in [0.1, 0.15) is 0 Å². The van der Waals surface area contributed by atoms with E-state index in [0.717, 1.165) is 22.0 Å². The van der Waals surface area contributed by atoms with E-state index < -0.39 is 0 Å². The normalized spacial score (nSPS) is 11.3. The number of aryl methyl sites for hydroxylation is 1. The van der Waals surface area contributed by atoms with Crippen LogP contribution in [0.2, 0.25) is 0 Å². The third kappa shape index (κ3) is 4.18. The second-order valence-electron chi connectivity index (χ2n) is 5.32. The molecule has 0 spiro atoms. The summed E-state index contributed by atoms with van der Waals surface area (Å²) in [6.45, 7) is 2.61. The predicted octanol–water partition coefficient (Wildman–Crippen LogP) is 3.55. The molecule has 3 aromatic rings. The van der Waals surface area contributed by atoms with E-state index in [1.54, 1.807) is 0 Å². The van der Waals surface area contributed by atoms with Gasteiger partial charge in [-0.3, -0.25) is 5.43 Å². The first kappa shape index (κ1) is 16.2. The molecule has 0 saturated heterocycles. The number of thiazole rings is 1. The van der Waals surface area contributed by atoms with Crippen LogP contribution >= 0.6 is 11.3 Å². The average Bonchev–Trinajstić information content (AvgIpc) is 3.08. The van der Waals surface area contributed by atoms with Gasteiger partial charge in [0.25, 0.3) is 0 Å². The minimum Gasteiger partial charge on any atom is -0.301 e. The Morgan fingerprint density at radius 2 is 1.88 bits per heavy atom. The van der Waals surface area contributed by atoms with Crippen molar-refractivity contribution in [2.24, 2.45) is 10.8 Å². The Labute approximate surface area is 145 Å². The first-order valence-electron chi connectivity index (χ1n) is 7.59. The molecule has 1 aromatic heterocycles. The lowest BCUT2D eigenvalue weighted by atomic mass is 10.1. The quantitative estimate of drug-likeness (QED) is 0.294. The highest BCUT2D eigenvalue weighted by Crippen LogP contribution is 2.25. The molecule has 5 nitrogen and oxygen atoms in total. The summed E-state index contributed by atoms with van der Waals surface area (Å²) in [5.74, 6) is 6.04. The van der Waals surface area contributed by atoms with Crippen LogP contribution in [0.1, 0.15) is 11.1 Å². The van der Waals surface area contributed by atoms with Crippen molar-refractivity contribution >= 4 is 22.4 Å². The molecule has 2 aromatic carbocycles. The maximum Gasteiger partial charge on any atom is 0.212 e. The maximum atomic E-state index is 5.55. The minimum atomic E-state index is 0.489. The fraction of sp³-hybridized carbons (Fsp3) is 0.111. The van der Waals surface area contributed by atoms with Crippen molar-refractivity contribution in [2.45, 2.75) is 13.5 Å². The summed E-state index contributed by atoms with van der Waals surface area (Å²) in [5.41, 5.74) is 6.95. The number of nitrogens with two attached hydrogens (primary N) is 1. The molecule has 6 heteroatoms. The monoisotopic (exact) mass is 337 g/mol. The molecule has 0 fully saturated rings. The van der Waals surface area contributed by atoms with Gasteiger partial charge in [-0.2, -0.15) is 0 Å². The minimum absolute atomic E-state index is 0.489. The van der Waals surface area contributed by atoms with Gasteiger partial charge in [-0.1, -0.05) is 60.2 Å². The standard InChI is InChI=1S/C18H19N5S/c1-13-7-9-15(10-8-13)16-12-24-18(21-16)22-17(23-19)20-11-14-5-3-2-4-6-14/h2-10,12H,11,19H2,1H3,(H2,20,21,22,23). The van der Waals surface area contributed by atoms with E-state index in [4.69, 9.17) is 5.84 Å². The summed E-state index contributed by atoms with van der Waals surface area (Å²) in [7, 11) is 0. The van der Waals surface area contributed by atoms with Crippen molar-refractivity contribution in [3.8, 4) is 11.3 Å². The molecular weight excluding hydrogens is 318 g/mol. The highest BCUT2D eigenvalue weighted by Gasteiger charge is 2.06. The second kappa shape index (κ2) is 7.72. The molecule has 24 heavy (non-hydrogen) atoms.